The number of esters is 1. The van der Waals surface area contributed by atoms with Crippen LogP contribution in [0.3, 0.4) is 0 Å². The molecule has 0 amide bonds. The molecule has 0 aliphatic rings. The van der Waals surface area contributed by atoms with Crippen molar-refractivity contribution in [2.24, 2.45) is 0 Å². The monoisotopic (exact) mass is 93.1 g/mol. The molecule has 0 N–H and O–H groups in total. The SMILES string of the molecule is C=COC(C)=O.[Li]. The Morgan fingerprint density at radius 1 is 1.86 bits per heavy atom. The Morgan fingerprint density at radius 2 is 2.29 bits per heavy atom. The van der Waals surface area contributed by atoms with Crippen molar-refractivity contribution in [2.45, 2.75) is 6.92 Å². The van der Waals surface area contributed by atoms with E-state index in [4.69, 9.17) is 0 Å². The van der Waals surface area contributed by atoms with Crippen molar-refractivity contribution < 1.29 is 9.53 Å². The first kappa shape index (κ1) is 9.93. The molecule has 0 heterocycles. The third-order valence-corrected chi connectivity index (χ3v) is 0.249. The molecule has 0 spiro atoms. The minimum absolute atomic E-state index is 0. The van der Waals surface area contributed by atoms with E-state index in [1.165, 1.54) is 6.92 Å². The Bertz CT molecular complexity index is 70.1. The van der Waals surface area contributed by atoms with E-state index in [0.717, 1.165) is 6.26 Å². The van der Waals surface area contributed by atoms with Gasteiger partial charge in [0, 0.05) is 25.8 Å². The molecule has 0 fully saturated rings. The number of carbonyl (C=O) groups excluding carboxylic acids is 1. The number of ether oxygens (including phenoxy) is 1. The zero-order valence-electron chi connectivity index (χ0n) is 4.60. The molecule has 0 saturated carbocycles. The maximum absolute atomic E-state index is 9.75. The number of carbonyl (C=O) groups is 1. The van der Waals surface area contributed by atoms with Gasteiger partial charge in [-0.1, -0.05) is 6.58 Å². The number of rotatable bonds is 1. The summed E-state index contributed by atoms with van der Waals surface area (Å²) in [4.78, 5) is 9.75. The van der Waals surface area contributed by atoms with Crippen LogP contribution in [0.4, 0.5) is 0 Å². The maximum Gasteiger partial charge on any atom is 0.307 e. The molecular formula is C4H6LiO2. The van der Waals surface area contributed by atoms with Crippen molar-refractivity contribution in [2.75, 3.05) is 0 Å². The van der Waals surface area contributed by atoms with Crippen molar-refractivity contribution in [1.29, 1.82) is 0 Å². The average molecular weight is 93.0 g/mol. The minimum atomic E-state index is -0.329. The fourth-order valence-electron chi connectivity index (χ4n) is 0.117. The normalized spacial score (nSPS) is 5.86. The molecule has 0 aliphatic heterocycles. The third-order valence-electron chi connectivity index (χ3n) is 0.249. The second-order valence-electron chi connectivity index (χ2n) is 0.776. The minimum Gasteiger partial charge on any atom is -0.435 e. The summed E-state index contributed by atoms with van der Waals surface area (Å²) in [6, 6.07) is 0. The molecule has 35 valence electrons. The van der Waals surface area contributed by atoms with E-state index in [1.54, 1.807) is 0 Å². The van der Waals surface area contributed by atoms with Crippen LogP contribution < -0.4 is 0 Å². The predicted molar refractivity (Wildman–Crippen MR) is 27.7 cm³/mol. The van der Waals surface area contributed by atoms with Crippen LogP contribution in [0.1, 0.15) is 6.92 Å². The van der Waals surface area contributed by atoms with Gasteiger partial charge in [0.05, 0.1) is 6.26 Å². The molecule has 0 aromatic rings. The summed E-state index contributed by atoms with van der Waals surface area (Å²) >= 11 is 0. The molecule has 0 aromatic carbocycles. The van der Waals surface area contributed by atoms with Gasteiger partial charge in [0.15, 0.2) is 0 Å². The van der Waals surface area contributed by atoms with E-state index in [9.17, 15) is 4.79 Å². The van der Waals surface area contributed by atoms with E-state index in [0.29, 0.717) is 0 Å². The Balaban J connectivity index is 0. The van der Waals surface area contributed by atoms with Gasteiger partial charge in [-0.15, -0.1) is 0 Å². The first-order valence-electron chi connectivity index (χ1n) is 1.55. The first-order valence-corrected chi connectivity index (χ1v) is 1.55. The van der Waals surface area contributed by atoms with Gasteiger partial charge in [0.25, 0.3) is 0 Å². The zero-order valence-corrected chi connectivity index (χ0v) is 4.60. The van der Waals surface area contributed by atoms with Gasteiger partial charge in [-0.25, -0.2) is 0 Å². The summed E-state index contributed by atoms with van der Waals surface area (Å²) in [7, 11) is 0. The molecule has 2 nitrogen and oxygen atoms in total. The summed E-state index contributed by atoms with van der Waals surface area (Å²) in [5, 5.41) is 0. The summed E-state index contributed by atoms with van der Waals surface area (Å²) in [6.07, 6.45) is 1.10. The van der Waals surface area contributed by atoms with E-state index in [2.05, 4.69) is 11.3 Å². The van der Waals surface area contributed by atoms with Crippen molar-refractivity contribution in [3.05, 3.63) is 12.8 Å². The quantitative estimate of drug-likeness (QED) is 0.265. The van der Waals surface area contributed by atoms with Gasteiger partial charge >= 0.3 is 5.97 Å². The van der Waals surface area contributed by atoms with E-state index in [-0.39, 0.29) is 24.8 Å². The molecule has 0 saturated heterocycles. The second-order valence-corrected chi connectivity index (χ2v) is 0.776. The molecule has 0 atom stereocenters. The molecule has 0 unspecified atom stereocenters. The van der Waals surface area contributed by atoms with Gasteiger partial charge in [0.2, 0.25) is 0 Å². The van der Waals surface area contributed by atoms with Crippen molar-refractivity contribution in [3.8, 4) is 0 Å². The number of hydrogen-bond donors (Lipinski definition) is 0. The van der Waals surface area contributed by atoms with E-state index >= 15 is 0 Å². The standard InChI is InChI=1S/C4H6O2.Li/c1-3-6-4(2)5;/h3H,1H2,2H3;. The molecule has 0 aliphatic carbocycles. The van der Waals surface area contributed by atoms with Crippen LogP contribution in [0, 0.1) is 0 Å². The Kier molecular flexibility index (Phi) is 8.24. The van der Waals surface area contributed by atoms with Crippen LogP contribution in [0.2, 0.25) is 0 Å². The maximum atomic E-state index is 9.75. The summed E-state index contributed by atoms with van der Waals surface area (Å²) in [6.45, 7) is 4.48. The Hall–Kier alpha value is -0.193. The van der Waals surface area contributed by atoms with Crippen LogP contribution in [0.25, 0.3) is 0 Å². The van der Waals surface area contributed by atoms with Crippen LogP contribution in [-0.2, 0) is 9.53 Å². The largest absolute Gasteiger partial charge is 0.435 e. The topological polar surface area (TPSA) is 26.3 Å². The van der Waals surface area contributed by atoms with Gasteiger partial charge in [-0.2, -0.15) is 0 Å². The fraction of sp³-hybridized carbons (Fsp3) is 0.250. The predicted octanol–water partition coefficient (Wildman–Crippen LogP) is 0.312. The Labute approximate surface area is 54.7 Å². The van der Waals surface area contributed by atoms with Crippen molar-refractivity contribution in [1.82, 2.24) is 0 Å². The van der Waals surface area contributed by atoms with Crippen LogP contribution in [0.15, 0.2) is 12.8 Å². The molecule has 7 heavy (non-hydrogen) atoms. The first-order chi connectivity index (χ1) is 2.77. The van der Waals surface area contributed by atoms with Crippen LogP contribution in [-0.4, -0.2) is 24.8 Å². The molecule has 0 bridgehead atoms. The summed E-state index contributed by atoms with van der Waals surface area (Å²) in [5.41, 5.74) is 0. The van der Waals surface area contributed by atoms with Gasteiger partial charge < -0.3 is 4.74 Å². The van der Waals surface area contributed by atoms with Gasteiger partial charge in [0.1, 0.15) is 0 Å². The Morgan fingerprint density at radius 3 is 2.29 bits per heavy atom. The molecule has 0 rings (SSSR count). The van der Waals surface area contributed by atoms with E-state index in [1.807, 2.05) is 0 Å². The van der Waals surface area contributed by atoms with Crippen LogP contribution in [0.5, 0.6) is 0 Å². The smallest absolute Gasteiger partial charge is 0.307 e. The molecular weight excluding hydrogens is 87.0 g/mol. The average Bonchev–Trinajstić information content (AvgIpc) is 1.35. The van der Waals surface area contributed by atoms with Crippen molar-refractivity contribution in [3.63, 3.8) is 0 Å². The molecule has 3 heteroatoms. The summed E-state index contributed by atoms with van der Waals surface area (Å²) < 4.78 is 4.17. The third kappa shape index (κ3) is 10.7. The fourth-order valence-corrected chi connectivity index (χ4v) is 0.117. The number of hydrogen-bond acceptors (Lipinski definition) is 2. The van der Waals surface area contributed by atoms with Gasteiger partial charge in [-0.05, 0) is 0 Å². The summed E-state index contributed by atoms with van der Waals surface area (Å²) in [5.74, 6) is -0.329. The van der Waals surface area contributed by atoms with Crippen LogP contribution >= 0.6 is 0 Å². The van der Waals surface area contributed by atoms with Crippen molar-refractivity contribution >= 4 is 24.8 Å². The zero-order chi connectivity index (χ0) is 4.99. The second kappa shape index (κ2) is 5.81. The van der Waals surface area contributed by atoms with Gasteiger partial charge in [-0.3, -0.25) is 4.79 Å². The molecule has 0 aromatic heterocycles. The molecule has 1 radical (unpaired) electrons. The van der Waals surface area contributed by atoms with E-state index < -0.39 is 0 Å².